The number of hydrogen-bond acceptors (Lipinski definition) is 5. The maximum atomic E-state index is 9.07. The summed E-state index contributed by atoms with van der Waals surface area (Å²) in [7, 11) is 0. The van der Waals surface area contributed by atoms with Gasteiger partial charge in [-0.2, -0.15) is 0 Å². The van der Waals surface area contributed by atoms with E-state index < -0.39 is 0 Å². The van der Waals surface area contributed by atoms with Crippen molar-refractivity contribution in [3.05, 3.63) is 24.7 Å². The van der Waals surface area contributed by atoms with Crippen molar-refractivity contribution in [2.24, 2.45) is 5.92 Å². The van der Waals surface area contributed by atoms with Crippen molar-refractivity contribution >= 4 is 16.9 Å². The Kier molecular flexibility index (Phi) is 5.03. The highest BCUT2D eigenvalue weighted by Crippen LogP contribution is 2.18. The third-order valence-corrected chi connectivity index (χ3v) is 3.20. The molecule has 0 aliphatic carbocycles. The fraction of sp³-hybridized carbons (Fsp3) is 0.500. The Morgan fingerprint density at radius 2 is 2.16 bits per heavy atom. The van der Waals surface area contributed by atoms with Gasteiger partial charge in [-0.25, -0.2) is 15.0 Å². The first-order valence-corrected chi connectivity index (χ1v) is 6.75. The van der Waals surface area contributed by atoms with Crippen LogP contribution in [-0.4, -0.2) is 33.2 Å². The molecule has 1 unspecified atom stereocenters. The lowest BCUT2D eigenvalue weighted by atomic mass is 10.0. The Labute approximate surface area is 113 Å². The molecule has 2 rings (SSSR count). The highest BCUT2D eigenvalue weighted by atomic mass is 16.3. The van der Waals surface area contributed by atoms with Crippen LogP contribution in [0.3, 0.4) is 0 Å². The van der Waals surface area contributed by atoms with E-state index >= 15 is 0 Å². The fourth-order valence-corrected chi connectivity index (χ4v) is 2.22. The zero-order chi connectivity index (χ0) is 13.5. The Hall–Kier alpha value is -1.75. The molecule has 0 saturated carbocycles. The summed E-state index contributed by atoms with van der Waals surface area (Å²) in [6.45, 7) is 3.21. The van der Waals surface area contributed by atoms with E-state index in [2.05, 4.69) is 27.2 Å². The summed E-state index contributed by atoms with van der Waals surface area (Å²) in [5.74, 6) is 1.29. The van der Waals surface area contributed by atoms with Crippen LogP contribution in [0.25, 0.3) is 11.0 Å². The molecular formula is C14H20N4O. The van der Waals surface area contributed by atoms with Crippen LogP contribution in [0.5, 0.6) is 0 Å². The van der Waals surface area contributed by atoms with Crippen molar-refractivity contribution < 1.29 is 5.11 Å². The highest BCUT2D eigenvalue weighted by molar-refractivity contribution is 5.85. The van der Waals surface area contributed by atoms with E-state index in [0.29, 0.717) is 11.6 Å². The van der Waals surface area contributed by atoms with Crippen LogP contribution in [0.1, 0.15) is 26.2 Å². The smallest absolute Gasteiger partial charge is 0.164 e. The molecule has 2 N–H and O–H groups in total. The number of nitrogens with zero attached hydrogens (tertiary/aromatic N) is 3. The number of aliphatic hydroxyl groups excluding tert-OH is 1. The lowest BCUT2D eigenvalue weighted by Crippen LogP contribution is -2.16. The van der Waals surface area contributed by atoms with Gasteiger partial charge in [-0.05, 0) is 30.9 Å². The monoisotopic (exact) mass is 260 g/mol. The van der Waals surface area contributed by atoms with Gasteiger partial charge in [-0.3, -0.25) is 0 Å². The van der Waals surface area contributed by atoms with Crippen LogP contribution in [0.2, 0.25) is 0 Å². The molecule has 2 heterocycles. The van der Waals surface area contributed by atoms with Gasteiger partial charge in [0.15, 0.2) is 5.65 Å². The Balaban J connectivity index is 2.08. The predicted octanol–water partition coefficient (Wildman–Crippen LogP) is 2.24. The summed E-state index contributed by atoms with van der Waals surface area (Å²) in [6, 6.07) is 3.85. The number of fused-ring (bicyclic) bond motifs is 1. The molecule has 0 spiro atoms. The summed E-state index contributed by atoms with van der Waals surface area (Å²) in [4.78, 5) is 12.6. The van der Waals surface area contributed by atoms with Crippen LogP contribution in [0, 0.1) is 5.92 Å². The minimum atomic E-state index is 0.235. The molecular weight excluding hydrogens is 240 g/mol. The summed E-state index contributed by atoms with van der Waals surface area (Å²) in [5.41, 5.74) is 0.703. The molecule has 0 aromatic carbocycles. The van der Waals surface area contributed by atoms with Crippen molar-refractivity contribution in [2.45, 2.75) is 26.2 Å². The van der Waals surface area contributed by atoms with Crippen LogP contribution in [0.4, 0.5) is 5.82 Å². The SMILES string of the molecule is CCCC(CCO)CNc1ncnc2ncccc12. The van der Waals surface area contributed by atoms with Gasteiger partial charge in [0.2, 0.25) is 0 Å². The molecule has 0 fully saturated rings. The second-order valence-corrected chi connectivity index (χ2v) is 4.64. The number of aromatic nitrogens is 3. The van der Waals surface area contributed by atoms with E-state index in [1.54, 1.807) is 6.20 Å². The average molecular weight is 260 g/mol. The van der Waals surface area contributed by atoms with Gasteiger partial charge >= 0.3 is 0 Å². The number of hydrogen-bond donors (Lipinski definition) is 2. The van der Waals surface area contributed by atoms with Gasteiger partial charge in [0.05, 0.1) is 5.39 Å². The second kappa shape index (κ2) is 6.99. The van der Waals surface area contributed by atoms with Crippen molar-refractivity contribution in [3.63, 3.8) is 0 Å². The zero-order valence-electron chi connectivity index (χ0n) is 11.2. The number of pyridine rings is 1. The normalized spacial score (nSPS) is 12.5. The number of anilines is 1. The minimum Gasteiger partial charge on any atom is -0.396 e. The van der Waals surface area contributed by atoms with Gasteiger partial charge in [0.1, 0.15) is 12.1 Å². The summed E-state index contributed by atoms with van der Waals surface area (Å²) in [5, 5.41) is 13.4. The second-order valence-electron chi connectivity index (χ2n) is 4.64. The Morgan fingerprint density at radius 3 is 2.95 bits per heavy atom. The first-order chi connectivity index (χ1) is 9.35. The summed E-state index contributed by atoms with van der Waals surface area (Å²) in [6.07, 6.45) is 6.30. The summed E-state index contributed by atoms with van der Waals surface area (Å²) >= 11 is 0. The zero-order valence-corrected chi connectivity index (χ0v) is 11.2. The molecule has 0 amide bonds. The molecule has 2 aromatic rings. The van der Waals surface area contributed by atoms with Crippen LogP contribution in [0.15, 0.2) is 24.7 Å². The van der Waals surface area contributed by atoms with E-state index in [1.165, 1.54) is 6.33 Å². The van der Waals surface area contributed by atoms with Gasteiger partial charge in [-0.1, -0.05) is 13.3 Å². The number of rotatable bonds is 7. The van der Waals surface area contributed by atoms with Crippen molar-refractivity contribution in [3.8, 4) is 0 Å². The van der Waals surface area contributed by atoms with E-state index in [4.69, 9.17) is 5.11 Å². The lowest BCUT2D eigenvalue weighted by Gasteiger charge is -2.16. The topological polar surface area (TPSA) is 70.9 Å². The number of nitrogens with one attached hydrogen (secondary N) is 1. The molecule has 2 aromatic heterocycles. The maximum Gasteiger partial charge on any atom is 0.164 e. The molecule has 19 heavy (non-hydrogen) atoms. The third-order valence-electron chi connectivity index (χ3n) is 3.20. The Bertz CT molecular complexity index is 506. The van der Waals surface area contributed by atoms with E-state index in [0.717, 1.165) is 37.0 Å². The van der Waals surface area contributed by atoms with Crippen LogP contribution >= 0.6 is 0 Å². The molecule has 0 aliphatic rings. The van der Waals surface area contributed by atoms with Crippen molar-refractivity contribution in [1.29, 1.82) is 0 Å². The molecule has 5 nitrogen and oxygen atoms in total. The lowest BCUT2D eigenvalue weighted by molar-refractivity contribution is 0.255. The van der Waals surface area contributed by atoms with E-state index in [9.17, 15) is 0 Å². The minimum absolute atomic E-state index is 0.235. The highest BCUT2D eigenvalue weighted by Gasteiger charge is 2.09. The summed E-state index contributed by atoms with van der Waals surface area (Å²) < 4.78 is 0. The standard InChI is InChI=1S/C14H20N4O/c1-2-4-11(6-8-19)9-16-14-12-5-3-7-15-13(12)17-10-18-14/h3,5,7,10-11,19H,2,4,6,8-9H2,1H3,(H,15,16,17,18). The molecule has 0 bridgehead atoms. The molecule has 102 valence electrons. The first kappa shape index (κ1) is 13.7. The molecule has 0 radical (unpaired) electrons. The van der Waals surface area contributed by atoms with Crippen LogP contribution in [-0.2, 0) is 0 Å². The quantitative estimate of drug-likeness (QED) is 0.799. The van der Waals surface area contributed by atoms with Gasteiger partial charge < -0.3 is 10.4 Å². The largest absolute Gasteiger partial charge is 0.396 e. The third kappa shape index (κ3) is 3.61. The molecule has 1 atom stereocenters. The van der Waals surface area contributed by atoms with Crippen LogP contribution < -0.4 is 5.32 Å². The number of aliphatic hydroxyl groups is 1. The van der Waals surface area contributed by atoms with Crippen molar-refractivity contribution in [1.82, 2.24) is 15.0 Å². The van der Waals surface area contributed by atoms with E-state index in [1.807, 2.05) is 12.1 Å². The molecule has 0 aliphatic heterocycles. The van der Waals surface area contributed by atoms with Gasteiger partial charge in [0.25, 0.3) is 0 Å². The van der Waals surface area contributed by atoms with Gasteiger partial charge in [-0.15, -0.1) is 0 Å². The van der Waals surface area contributed by atoms with Crippen molar-refractivity contribution in [2.75, 3.05) is 18.5 Å². The molecule has 0 saturated heterocycles. The maximum absolute atomic E-state index is 9.07. The van der Waals surface area contributed by atoms with E-state index in [-0.39, 0.29) is 6.61 Å². The fourth-order valence-electron chi connectivity index (χ4n) is 2.22. The molecule has 5 heteroatoms. The predicted molar refractivity (Wildman–Crippen MR) is 75.9 cm³/mol. The first-order valence-electron chi connectivity index (χ1n) is 6.75. The average Bonchev–Trinajstić information content (AvgIpc) is 2.45. The van der Waals surface area contributed by atoms with Gasteiger partial charge in [0, 0.05) is 19.3 Å². The Morgan fingerprint density at radius 1 is 1.26 bits per heavy atom.